The lowest BCUT2D eigenvalue weighted by molar-refractivity contribution is -0.189. The average molecular weight is 439 g/mol. The molecular formula is C17H12ClF5N2O4. The first-order valence-electron chi connectivity index (χ1n) is 7.69. The van der Waals surface area contributed by atoms with Gasteiger partial charge in [-0.05, 0) is 25.1 Å². The number of benzene rings is 2. The van der Waals surface area contributed by atoms with Crippen molar-refractivity contribution in [2.24, 2.45) is 5.73 Å². The fourth-order valence-electron chi connectivity index (χ4n) is 2.05. The minimum Gasteiger partial charge on any atom is -0.480 e. The molecule has 0 saturated carbocycles. The molecule has 2 aromatic rings. The van der Waals surface area contributed by atoms with Crippen molar-refractivity contribution in [2.45, 2.75) is 19.2 Å². The van der Waals surface area contributed by atoms with Crippen LogP contribution in [-0.4, -0.2) is 24.3 Å². The Labute approximate surface area is 165 Å². The van der Waals surface area contributed by atoms with E-state index < -0.39 is 58.7 Å². The standard InChI is InChI=1S/C17H12ClF5N2O4/c1-7(17(21,22)23)28-12-6-13(29-16(24)27)11(20)5-8(12)15(26)25-14-9(18)3-2-4-10(14)19/h2-7H,1H3,(H2,24,27)(H,25,26). The zero-order valence-electron chi connectivity index (χ0n) is 14.4. The number of para-hydroxylation sites is 1. The highest BCUT2D eigenvalue weighted by Gasteiger charge is 2.39. The maximum atomic E-state index is 14.1. The molecule has 0 bridgehead atoms. The van der Waals surface area contributed by atoms with Gasteiger partial charge in [-0.15, -0.1) is 0 Å². The Bertz CT molecular complexity index is 932. The quantitative estimate of drug-likeness (QED) is 0.664. The number of alkyl halides is 3. The summed E-state index contributed by atoms with van der Waals surface area (Å²) in [6, 6.07) is 4.45. The van der Waals surface area contributed by atoms with E-state index in [2.05, 4.69) is 4.74 Å². The minimum absolute atomic E-state index is 0.210. The van der Waals surface area contributed by atoms with Gasteiger partial charge in [0.25, 0.3) is 5.91 Å². The average Bonchev–Trinajstić information content (AvgIpc) is 2.59. The van der Waals surface area contributed by atoms with Crippen LogP contribution in [0.5, 0.6) is 11.5 Å². The molecule has 12 heteroatoms. The maximum absolute atomic E-state index is 14.1. The molecule has 0 aliphatic carbocycles. The summed E-state index contributed by atoms with van der Waals surface area (Å²) in [4.78, 5) is 23.3. The summed E-state index contributed by atoms with van der Waals surface area (Å²) < 4.78 is 75.5. The van der Waals surface area contributed by atoms with E-state index in [0.29, 0.717) is 19.1 Å². The molecule has 1 atom stereocenters. The predicted octanol–water partition coefficient (Wildman–Crippen LogP) is 4.66. The highest BCUT2D eigenvalue weighted by atomic mass is 35.5. The van der Waals surface area contributed by atoms with Gasteiger partial charge in [0.2, 0.25) is 0 Å². The van der Waals surface area contributed by atoms with Crippen LogP contribution >= 0.6 is 11.6 Å². The smallest absolute Gasteiger partial charge is 0.425 e. The van der Waals surface area contributed by atoms with Crippen molar-refractivity contribution in [3.63, 3.8) is 0 Å². The molecule has 0 aromatic heterocycles. The van der Waals surface area contributed by atoms with Gasteiger partial charge in [-0.25, -0.2) is 13.6 Å². The molecule has 0 heterocycles. The van der Waals surface area contributed by atoms with Gasteiger partial charge in [-0.3, -0.25) is 4.79 Å². The third-order valence-corrected chi connectivity index (χ3v) is 3.77. The number of halogens is 6. The number of hydrogen-bond acceptors (Lipinski definition) is 4. The first kappa shape index (κ1) is 22.2. The summed E-state index contributed by atoms with van der Waals surface area (Å²) in [5.74, 6) is -5.14. The Morgan fingerprint density at radius 2 is 1.79 bits per heavy atom. The Kier molecular flexibility index (Phi) is 6.52. The molecule has 0 aliphatic rings. The van der Waals surface area contributed by atoms with Crippen LogP contribution in [-0.2, 0) is 0 Å². The van der Waals surface area contributed by atoms with E-state index in [-0.39, 0.29) is 5.02 Å². The van der Waals surface area contributed by atoms with Crippen LogP contribution in [0.1, 0.15) is 17.3 Å². The molecule has 0 fully saturated rings. The van der Waals surface area contributed by atoms with Crippen molar-refractivity contribution in [3.8, 4) is 11.5 Å². The van der Waals surface area contributed by atoms with Crippen molar-refractivity contribution in [2.75, 3.05) is 5.32 Å². The number of ether oxygens (including phenoxy) is 2. The molecule has 2 amide bonds. The summed E-state index contributed by atoms with van der Waals surface area (Å²) in [5, 5.41) is 1.82. The van der Waals surface area contributed by atoms with Crippen LogP contribution in [0.4, 0.5) is 32.4 Å². The molecule has 3 N–H and O–H groups in total. The molecule has 6 nitrogen and oxygen atoms in total. The van der Waals surface area contributed by atoms with E-state index in [4.69, 9.17) is 22.1 Å². The van der Waals surface area contributed by atoms with E-state index >= 15 is 0 Å². The Hall–Kier alpha value is -3.08. The molecule has 0 spiro atoms. The van der Waals surface area contributed by atoms with Crippen molar-refractivity contribution in [1.29, 1.82) is 0 Å². The molecule has 29 heavy (non-hydrogen) atoms. The molecule has 156 valence electrons. The van der Waals surface area contributed by atoms with E-state index in [1.165, 1.54) is 12.1 Å². The zero-order valence-corrected chi connectivity index (χ0v) is 15.2. The second-order valence-electron chi connectivity index (χ2n) is 5.55. The molecular weight excluding hydrogens is 427 g/mol. The van der Waals surface area contributed by atoms with Crippen molar-refractivity contribution in [3.05, 3.63) is 52.6 Å². The van der Waals surface area contributed by atoms with Gasteiger partial charge in [-0.1, -0.05) is 17.7 Å². The first-order chi connectivity index (χ1) is 13.4. The van der Waals surface area contributed by atoms with Crippen molar-refractivity contribution < 1.29 is 41.0 Å². The largest absolute Gasteiger partial charge is 0.480 e. The molecule has 0 saturated heterocycles. The van der Waals surface area contributed by atoms with Crippen LogP contribution in [0.3, 0.4) is 0 Å². The number of anilines is 1. The fourth-order valence-corrected chi connectivity index (χ4v) is 2.26. The monoisotopic (exact) mass is 438 g/mol. The number of amides is 2. The number of rotatable bonds is 5. The molecule has 0 aliphatic heterocycles. The number of carbonyl (C=O) groups is 2. The van der Waals surface area contributed by atoms with Crippen LogP contribution in [0.2, 0.25) is 5.02 Å². The summed E-state index contributed by atoms with van der Waals surface area (Å²) in [6.45, 7) is 0.632. The van der Waals surface area contributed by atoms with Gasteiger partial charge in [0.05, 0.1) is 16.3 Å². The highest BCUT2D eigenvalue weighted by Crippen LogP contribution is 2.33. The second-order valence-corrected chi connectivity index (χ2v) is 5.96. The van der Waals surface area contributed by atoms with E-state index in [1.807, 2.05) is 5.32 Å². The number of hydrogen-bond donors (Lipinski definition) is 2. The molecule has 1 unspecified atom stereocenters. The van der Waals surface area contributed by atoms with Crippen LogP contribution in [0, 0.1) is 11.6 Å². The number of carbonyl (C=O) groups excluding carboxylic acids is 2. The summed E-state index contributed by atoms with van der Waals surface area (Å²) in [6.07, 6.45) is -8.70. The topological polar surface area (TPSA) is 90.7 Å². The SMILES string of the molecule is CC(Oc1cc(OC(N)=O)c(F)cc1C(=O)Nc1c(F)cccc1Cl)C(F)(F)F. The summed E-state index contributed by atoms with van der Waals surface area (Å²) >= 11 is 5.78. The lowest BCUT2D eigenvalue weighted by Gasteiger charge is -2.20. The Morgan fingerprint density at radius 3 is 2.34 bits per heavy atom. The normalized spacial score (nSPS) is 12.2. The van der Waals surface area contributed by atoms with Gasteiger partial charge in [0.15, 0.2) is 17.7 Å². The van der Waals surface area contributed by atoms with Crippen molar-refractivity contribution >= 4 is 29.3 Å². The van der Waals surface area contributed by atoms with Gasteiger partial charge < -0.3 is 20.5 Å². The van der Waals surface area contributed by atoms with E-state index in [9.17, 15) is 31.5 Å². The zero-order chi connectivity index (χ0) is 21.9. The van der Waals surface area contributed by atoms with E-state index in [1.54, 1.807) is 0 Å². The van der Waals surface area contributed by atoms with Crippen molar-refractivity contribution in [1.82, 2.24) is 0 Å². The molecule has 0 radical (unpaired) electrons. The van der Waals surface area contributed by atoms with Crippen LogP contribution in [0.25, 0.3) is 0 Å². The number of nitrogens with one attached hydrogen (secondary N) is 1. The Balaban J connectivity index is 2.49. The maximum Gasteiger partial charge on any atom is 0.425 e. The molecule has 2 aromatic carbocycles. The van der Waals surface area contributed by atoms with Gasteiger partial charge in [0, 0.05) is 6.07 Å². The minimum atomic E-state index is -4.83. The first-order valence-corrected chi connectivity index (χ1v) is 8.07. The molecule has 2 rings (SSSR count). The number of primary amides is 1. The third-order valence-electron chi connectivity index (χ3n) is 3.46. The number of nitrogens with two attached hydrogens (primary N) is 1. The van der Waals surface area contributed by atoms with Crippen LogP contribution in [0.15, 0.2) is 30.3 Å². The summed E-state index contributed by atoms with van der Waals surface area (Å²) in [5.41, 5.74) is 3.54. The van der Waals surface area contributed by atoms with Gasteiger partial charge in [0.1, 0.15) is 11.6 Å². The lowest BCUT2D eigenvalue weighted by atomic mass is 10.1. The Morgan fingerprint density at radius 1 is 1.14 bits per heavy atom. The highest BCUT2D eigenvalue weighted by molar-refractivity contribution is 6.34. The third kappa shape index (κ3) is 5.47. The predicted molar refractivity (Wildman–Crippen MR) is 92.1 cm³/mol. The fraction of sp³-hybridized carbons (Fsp3) is 0.176. The summed E-state index contributed by atoms with van der Waals surface area (Å²) in [7, 11) is 0. The van der Waals surface area contributed by atoms with Crippen LogP contribution < -0.4 is 20.5 Å². The second kappa shape index (κ2) is 8.52. The van der Waals surface area contributed by atoms with E-state index in [0.717, 1.165) is 6.07 Å². The lowest BCUT2D eigenvalue weighted by Crippen LogP contribution is -2.32. The van der Waals surface area contributed by atoms with Gasteiger partial charge >= 0.3 is 12.3 Å². The van der Waals surface area contributed by atoms with Gasteiger partial charge in [-0.2, -0.15) is 13.2 Å².